The molecular weight excluding hydrogens is 286 g/mol. The second-order valence-electron chi connectivity index (χ2n) is 6.47. The molecule has 0 saturated carbocycles. The van der Waals surface area contributed by atoms with E-state index in [0.29, 0.717) is 0 Å². The summed E-state index contributed by atoms with van der Waals surface area (Å²) < 4.78 is 3.05. The fraction of sp³-hybridized carbons (Fsp3) is 0.889. The van der Waals surface area contributed by atoms with E-state index in [1.165, 1.54) is 55.5 Å². The normalized spacial score (nSPS) is 13.1. The monoisotopic (exact) mass is 327 g/mol. The average molecular weight is 328 g/mol. The van der Waals surface area contributed by atoms with E-state index in [0.717, 1.165) is 0 Å². The van der Waals surface area contributed by atoms with Crippen LogP contribution in [0.5, 0.6) is 0 Å². The van der Waals surface area contributed by atoms with Crippen molar-refractivity contribution in [3.05, 3.63) is 12.3 Å². The Morgan fingerprint density at radius 1 is 0.667 bits per heavy atom. The van der Waals surface area contributed by atoms with Crippen LogP contribution in [0.2, 0.25) is 36.3 Å². The first-order chi connectivity index (χ1) is 10.1. The van der Waals surface area contributed by atoms with E-state index in [9.17, 15) is 0 Å². The second kappa shape index (κ2) is 10.7. The van der Waals surface area contributed by atoms with E-state index < -0.39 is 16.5 Å². The largest absolute Gasteiger partial charge is 0.430 e. The molecule has 0 amide bonds. The lowest BCUT2D eigenvalue weighted by Gasteiger charge is -2.52. The van der Waals surface area contributed by atoms with Gasteiger partial charge in [-0.15, -0.1) is 0 Å². The third-order valence-electron chi connectivity index (χ3n) is 5.95. The van der Waals surface area contributed by atoms with Gasteiger partial charge in [0.2, 0.25) is 0 Å². The first-order valence-electron chi connectivity index (χ1n) is 9.52. The minimum Gasteiger partial charge on any atom is -0.430 e. The predicted octanol–water partition coefficient (Wildman–Crippen LogP) is 7.00. The maximum atomic E-state index is 3.05. The minimum atomic E-state index is -1.30. The maximum absolute atomic E-state index is 3.05. The summed E-state index contributed by atoms with van der Waals surface area (Å²) in [6.07, 6.45) is 8.98. The van der Waals surface area contributed by atoms with Crippen molar-refractivity contribution in [2.24, 2.45) is 0 Å². The summed E-state index contributed by atoms with van der Waals surface area (Å²) in [5, 5.41) is 0. The number of nitrogens with zero attached hydrogens (tertiary/aromatic N) is 1. The Bertz CT molecular complexity index is 244. The molecule has 0 bridgehead atoms. The van der Waals surface area contributed by atoms with Crippen molar-refractivity contribution < 1.29 is 0 Å². The lowest BCUT2D eigenvalue weighted by Crippen LogP contribution is -2.63. The van der Waals surface area contributed by atoms with E-state index in [4.69, 9.17) is 0 Å². The molecule has 1 nitrogen and oxygen atoms in total. The smallest absolute Gasteiger partial charge is 0.146 e. The van der Waals surface area contributed by atoms with Crippen molar-refractivity contribution >= 4 is 16.5 Å². The molecule has 0 spiro atoms. The molecule has 0 aliphatic rings. The third kappa shape index (κ3) is 4.99. The number of unbranched alkanes of at least 4 members (excludes halogenated alkanes) is 2. The molecule has 3 heteroatoms. The van der Waals surface area contributed by atoms with Crippen LogP contribution >= 0.6 is 0 Å². The first kappa shape index (κ1) is 21.0. The van der Waals surface area contributed by atoms with Crippen molar-refractivity contribution in [2.45, 2.75) is 104 Å². The van der Waals surface area contributed by atoms with Crippen LogP contribution in [-0.4, -0.2) is 20.7 Å². The third-order valence-corrected chi connectivity index (χ3v) is 19.0. The maximum Gasteiger partial charge on any atom is 0.146 e. The number of hydrogen-bond acceptors (Lipinski definition) is 1. The van der Waals surface area contributed by atoms with Crippen LogP contribution in [0.1, 0.15) is 67.7 Å². The summed E-state index contributed by atoms with van der Waals surface area (Å²) in [7, 11) is -2.59. The molecule has 0 aromatic rings. The van der Waals surface area contributed by atoms with Crippen LogP contribution in [0.3, 0.4) is 0 Å². The molecule has 0 aromatic carbocycles. The highest BCUT2D eigenvalue weighted by Crippen LogP contribution is 2.36. The van der Waals surface area contributed by atoms with E-state index >= 15 is 0 Å². The summed E-state index contributed by atoms with van der Waals surface area (Å²) >= 11 is 0. The highest BCUT2D eigenvalue weighted by Gasteiger charge is 2.44. The quantitative estimate of drug-likeness (QED) is 0.275. The van der Waals surface area contributed by atoms with Gasteiger partial charge in [-0.05, 0) is 48.9 Å². The Morgan fingerprint density at radius 3 is 1.33 bits per heavy atom. The van der Waals surface area contributed by atoms with Gasteiger partial charge in [0.05, 0.1) is 0 Å². The Morgan fingerprint density at radius 2 is 1.05 bits per heavy atom. The molecule has 0 aliphatic heterocycles. The Kier molecular flexibility index (Phi) is 10.6. The van der Waals surface area contributed by atoms with E-state index in [2.05, 4.69) is 65.0 Å². The van der Waals surface area contributed by atoms with Crippen LogP contribution in [0.15, 0.2) is 12.3 Å². The highest BCUT2D eigenvalue weighted by molar-refractivity contribution is 6.93. The van der Waals surface area contributed by atoms with Gasteiger partial charge in [-0.1, -0.05) is 67.4 Å². The molecule has 0 saturated heterocycles. The van der Waals surface area contributed by atoms with Gasteiger partial charge in [0.25, 0.3) is 0 Å². The number of hydrogen-bond donors (Lipinski definition) is 0. The summed E-state index contributed by atoms with van der Waals surface area (Å²) in [4.78, 5) is 0. The molecule has 0 heterocycles. The topological polar surface area (TPSA) is 3.24 Å². The van der Waals surface area contributed by atoms with Crippen molar-refractivity contribution in [3.63, 3.8) is 0 Å². The van der Waals surface area contributed by atoms with Crippen LogP contribution in [0, 0.1) is 0 Å². The van der Waals surface area contributed by atoms with Crippen molar-refractivity contribution in [1.29, 1.82) is 0 Å². The number of allylic oxidation sites excluding steroid dienone is 1. The van der Waals surface area contributed by atoms with Gasteiger partial charge >= 0.3 is 0 Å². The molecule has 0 unspecified atom stereocenters. The van der Waals surface area contributed by atoms with Gasteiger partial charge in [0, 0.05) is 0 Å². The molecule has 0 aromatic heterocycles. The fourth-order valence-corrected chi connectivity index (χ4v) is 16.6. The Labute approximate surface area is 137 Å². The SMILES string of the molecule is CCCCC=CN([Si](CC)(CC)CC)[Si](CC)(CC)CC. The summed E-state index contributed by atoms with van der Waals surface area (Å²) in [5.74, 6) is 0. The zero-order valence-electron chi connectivity index (χ0n) is 16.0. The van der Waals surface area contributed by atoms with Crippen LogP contribution in [0.4, 0.5) is 0 Å². The van der Waals surface area contributed by atoms with E-state index in [-0.39, 0.29) is 0 Å². The summed E-state index contributed by atoms with van der Waals surface area (Å²) in [6, 6.07) is 8.46. The van der Waals surface area contributed by atoms with Crippen LogP contribution in [-0.2, 0) is 0 Å². The van der Waals surface area contributed by atoms with Crippen LogP contribution < -0.4 is 0 Å². The predicted molar refractivity (Wildman–Crippen MR) is 105 cm³/mol. The Hall–Kier alpha value is -0.0262. The first-order valence-corrected chi connectivity index (χ1v) is 14.7. The standard InChI is InChI=1S/C18H41NSi2/c1-8-15-16-17-18-19(20(9-2,10-3)11-4)21(12-5,13-6)14-7/h17-18H,8-16H2,1-7H3. The van der Waals surface area contributed by atoms with Gasteiger partial charge in [-0.25, -0.2) is 0 Å². The molecule has 0 aliphatic carbocycles. The van der Waals surface area contributed by atoms with E-state index in [1.807, 2.05) is 0 Å². The van der Waals surface area contributed by atoms with Gasteiger partial charge in [0.1, 0.15) is 16.5 Å². The molecule has 0 atom stereocenters. The lowest BCUT2D eigenvalue weighted by atomic mass is 10.2. The molecule has 0 radical (unpaired) electrons. The van der Waals surface area contributed by atoms with Crippen molar-refractivity contribution in [1.82, 2.24) is 4.23 Å². The Balaban J connectivity index is 5.58. The van der Waals surface area contributed by atoms with Crippen molar-refractivity contribution in [3.8, 4) is 0 Å². The average Bonchev–Trinajstić information content (AvgIpc) is 2.54. The molecule has 0 rings (SSSR count). The zero-order valence-corrected chi connectivity index (χ0v) is 18.0. The van der Waals surface area contributed by atoms with Gasteiger partial charge < -0.3 is 4.23 Å². The lowest BCUT2D eigenvalue weighted by molar-refractivity contribution is 0.732. The van der Waals surface area contributed by atoms with Crippen molar-refractivity contribution in [2.75, 3.05) is 0 Å². The summed E-state index contributed by atoms with van der Waals surface area (Å²) in [6.45, 7) is 17.0. The molecule has 21 heavy (non-hydrogen) atoms. The van der Waals surface area contributed by atoms with Gasteiger partial charge in [-0.3, -0.25) is 0 Å². The molecule has 126 valence electrons. The molecular formula is C18H41NSi2. The van der Waals surface area contributed by atoms with Gasteiger partial charge in [0.15, 0.2) is 0 Å². The van der Waals surface area contributed by atoms with Crippen LogP contribution in [0.25, 0.3) is 0 Å². The fourth-order valence-electron chi connectivity index (χ4n) is 3.84. The van der Waals surface area contributed by atoms with E-state index in [1.54, 1.807) is 0 Å². The molecule has 0 fully saturated rings. The summed E-state index contributed by atoms with van der Waals surface area (Å²) in [5.41, 5.74) is 0. The zero-order chi connectivity index (χ0) is 16.4. The second-order valence-corrected chi connectivity index (χ2v) is 17.0. The number of rotatable bonds is 12. The minimum absolute atomic E-state index is 1.26. The molecule has 0 N–H and O–H groups in total. The van der Waals surface area contributed by atoms with Gasteiger partial charge in [-0.2, -0.15) is 0 Å². The highest BCUT2D eigenvalue weighted by atomic mass is 28.4.